The van der Waals surface area contributed by atoms with Gasteiger partial charge in [0.05, 0.1) is 24.5 Å². The smallest absolute Gasteiger partial charge is 0.325 e. The summed E-state index contributed by atoms with van der Waals surface area (Å²) in [6, 6.07) is 13.3. The highest BCUT2D eigenvalue weighted by Crippen LogP contribution is 2.43. The van der Waals surface area contributed by atoms with Crippen LogP contribution in [0.4, 0.5) is 0 Å². The van der Waals surface area contributed by atoms with E-state index in [9.17, 15) is 18.0 Å². The van der Waals surface area contributed by atoms with Crippen molar-refractivity contribution in [2.24, 2.45) is 0 Å². The zero-order valence-electron chi connectivity index (χ0n) is 20.5. The number of furan rings is 1. The third-order valence-electron chi connectivity index (χ3n) is 6.28. The average Bonchev–Trinajstić information content (AvgIpc) is 3.47. The lowest BCUT2D eigenvalue weighted by atomic mass is 9.92. The summed E-state index contributed by atoms with van der Waals surface area (Å²) in [7, 11) is -1.73. The maximum atomic E-state index is 12.6. The minimum Gasteiger partial charge on any atom is -0.495 e. The third-order valence-corrected chi connectivity index (χ3v) is 6.95. The van der Waals surface area contributed by atoms with E-state index in [0.717, 1.165) is 39.8 Å². The van der Waals surface area contributed by atoms with Crippen molar-refractivity contribution in [3.8, 4) is 39.3 Å². The second kappa shape index (κ2) is 9.38. The predicted molar refractivity (Wildman–Crippen MR) is 142 cm³/mol. The topological polar surface area (TPSA) is 134 Å². The number of aromatic nitrogens is 2. The van der Waals surface area contributed by atoms with E-state index in [1.807, 2.05) is 49.4 Å². The summed E-state index contributed by atoms with van der Waals surface area (Å²) < 4.78 is 37.4. The maximum Gasteiger partial charge on any atom is 0.325 e. The number of rotatable bonds is 7. The summed E-state index contributed by atoms with van der Waals surface area (Å²) in [5.74, 6) is 1.88. The lowest BCUT2D eigenvalue weighted by Gasteiger charge is -2.16. The van der Waals surface area contributed by atoms with Crippen LogP contribution >= 0.6 is 0 Å². The van der Waals surface area contributed by atoms with E-state index in [0.29, 0.717) is 34.6 Å². The molecule has 190 valence electrons. The van der Waals surface area contributed by atoms with Gasteiger partial charge in [0.1, 0.15) is 17.3 Å². The van der Waals surface area contributed by atoms with Crippen LogP contribution in [-0.2, 0) is 16.4 Å². The normalized spacial score (nSPS) is 12.9. The van der Waals surface area contributed by atoms with Crippen molar-refractivity contribution in [1.82, 2.24) is 14.7 Å². The van der Waals surface area contributed by atoms with Gasteiger partial charge >= 0.3 is 5.69 Å². The Labute approximate surface area is 212 Å². The first-order chi connectivity index (χ1) is 17.6. The number of hydrogen-bond acceptors (Lipinski definition) is 6. The highest BCUT2D eigenvalue weighted by molar-refractivity contribution is 7.88. The molecule has 0 amide bonds. The third kappa shape index (κ3) is 4.93. The first-order valence-corrected chi connectivity index (χ1v) is 13.4. The summed E-state index contributed by atoms with van der Waals surface area (Å²) in [5, 5.41) is 0. The molecule has 0 spiro atoms. The molecule has 37 heavy (non-hydrogen) atoms. The first-order valence-electron chi connectivity index (χ1n) is 11.5. The molecule has 2 aromatic carbocycles. The fourth-order valence-electron chi connectivity index (χ4n) is 4.57. The molecule has 5 rings (SSSR count). The summed E-state index contributed by atoms with van der Waals surface area (Å²) in [5.41, 5.74) is 4.97. The fourth-order valence-corrected chi connectivity index (χ4v) is 4.99. The average molecular weight is 520 g/mol. The molecule has 0 fully saturated rings. The summed E-state index contributed by atoms with van der Waals surface area (Å²) in [4.78, 5) is 29.0. The molecule has 1 aliphatic rings. The number of H-pyrrole nitrogens is 2. The van der Waals surface area contributed by atoms with Crippen molar-refractivity contribution in [3.63, 3.8) is 0 Å². The van der Waals surface area contributed by atoms with E-state index in [2.05, 4.69) is 14.7 Å². The Hall–Kier alpha value is -4.15. The van der Waals surface area contributed by atoms with Gasteiger partial charge in [-0.05, 0) is 65.4 Å². The quantitative estimate of drug-likeness (QED) is 0.342. The number of methoxy groups -OCH3 is 1. The van der Waals surface area contributed by atoms with Crippen LogP contribution in [0, 0.1) is 6.92 Å². The summed E-state index contributed by atoms with van der Waals surface area (Å²) in [6.07, 6.45) is 5.20. The van der Waals surface area contributed by atoms with Crippen LogP contribution in [0.2, 0.25) is 0 Å². The van der Waals surface area contributed by atoms with E-state index in [1.165, 1.54) is 6.20 Å². The van der Waals surface area contributed by atoms with Crippen LogP contribution in [0.15, 0.2) is 68.7 Å². The second-order valence-electron chi connectivity index (χ2n) is 8.90. The van der Waals surface area contributed by atoms with Crippen LogP contribution < -0.4 is 20.7 Å². The first kappa shape index (κ1) is 24.5. The molecule has 10 heteroatoms. The highest BCUT2D eigenvalue weighted by atomic mass is 32.2. The van der Waals surface area contributed by atoms with Gasteiger partial charge < -0.3 is 14.1 Å². The molecule has 3 N–H and O–H groups in total. The minimum atomic E-state index is -3.31. The molecule has 0 unspecified atom stereocenters. The van der Waals surface area contributed by atoms with Gasteiger partial charge in [-0.25, -0.2) is 17.9 Å². The molecular weight excluding hydrogens is 494 g/mol. The zero-order chi connectivity index (χ0) is 26.3. The van der Waals surface area contributed by atoms with Crippen LogP contribution in [-0.4, -0.2) is 38.3 Å². The van der Waals surface area contributed by atoms with E-state index < -0.39 is 21.3 Å². The van der Waals surface area contributed by atoms with Crippen molar-refractivity contribution in [2.45, 2.75) is 13.3 Å². The van der Waals surface area contributed by atoms with Gasteiger partial charge in [0.15, 0.2) is 0 Å². The maximum absolute atomic E-state index is 12.6. The number of benzene rings is 2. The Kier molecular flexibility index (Phi) is 6.22. The molecule has 0 saturated heterocycles. The van der Waals surface area contributed by atoms with Crippen molar-refractivity contribution in [2.75, 3.05) is 19.9 Å². The lowest BCUT2D eigenvalue weighted by molar-refractivity contribution is 0.416. The molecule has 1 aliphatic carbocycles. The van der Waals surface area contributed by atoms with Gasteiger partial charge in [-0.15, -0.1) is 0 Å². The van der Waals surface area contributed by atoms with Gasteiger partial charge in [-0.1, -0.05) is 24.3 Å². The van der Waals surface area contributed by atoms with Gasteiger partial charge in [0.2, 0.25) is 10.0 Å². The Morgan fingerprint density at radius 2 is 1.78 bits per heavy atom. The minimum absolute atomic E-state index is 0.223. The molecule has 0 saturated carbocycles. The Morgan fingerprint density at radius 1 is 1.00 bits per heavy atom. The number of sulfonamides is 1. The molecule has 0 aliphatic heterocycles. The molecule has 2 heterocycles. The summed E-state index contributed by atoms with van der Waals surface area (Å²) in [6.45, 7) is 2.07. The number of aryl methyl sites for hydroxylation is 1. The highest BCUT2D eigenvalue weighted by Gasteiger charge is 2.21. The molecule has 9 nitrogen and oxygen atoms in total. The van der Waals surface area contributed by atoms with Gasteiger partial charge in [0.25, 0.3) is 5.56 Å². The van der Waals surface area contributed by atoms with Crippen molar-refractivity contribution in [3.05, 3.63) is 92.5 Å². The molecule has 0 bridgehead atoms. The number of hydrogen-bond donors (Lipinski definition) is 3. The zero-order valence-corrected chi connectivity index (χ0v) is 21.3. The largest absolute Gasteiger partial charge is 0.495 e. The summed E-state index contributed by atoms with van der Waals surface area (Å²) >= 11 is 0. The van der Waals surface area contributed by atoms with Gasteiger partial charge in [-0.2, -0.15) is 0 Å². The number of fused-ring (bicyclic) bond motifs is 1. The van der Waals surface area contributed by atoms with Crippen molar-refractivity contribution >= 4 is 15.6 Å². The fraction of sp³-hybridized carbons (Fsp3) is 0.185. The van der Waals surface area contributed by atoms with E-state index in [-0.39, 0.29) is 6.54 Å². The molecule has 0 atom stereocenters. The van der Waals surface area contributed by atoms with E-state index in [4.69, 9.17) is 9.15 Å². The Bertz CT molecular complexity index is 1780. The number of nitrogens with one attached hydrogen (secondary N) is 3. The van der Waals surface area contributed by atoms with Crippen molar-refractivity contribution < 1.29 is 17.6 Å². The Morgan fingerprint density at radius 3 is 2.46 bits per heavy atom. The van der Waals surface area contributed by atoms with Gasteiger partial charge in [-0.3, -0.25) is 9.78 Å². The van der Waals surface area contributed by atoms with Crippen LogP contribution in [0.1, 0.15) is 16.9 Å². The molecule has 2 aromatic heterocycles. The second-order valence-corrected chi connectivity index (χ2v) is 10.7. The van der Waals surface area contributed by atoms with Crippen LogP contribution in [0.5, 0.6) is 5.75 Å². The van der Waals surface area contributed by atoms with E-state index >= 15 is 0 Å². The number of ether oxygens (including phenoxy) is 1. The van der Waals surface area contributed by atoms with E-state index in [1.54, 1.807) is 13.2 Å². The number of aromatic amines is 2. The SMILES string of the molecule is COc1c(-c2ccc3c(c2)CC=C3CNS(C)(=O)=O)cc(-c2c[nH]c(=O)[nH]c2=O)cc1-c1ccc(C)o1. The molecular formula is C27H25N3O6S. The molecule has 0 radical (unpaired) electrons. The van der Waals surface area contributed by atoms with Gasteiger partial charge in [0, 0.05) is 18.3 Å². The molecule has 4 aromatic rings. The van der Waals surface area contributed by atoms with Crippen molar-refractivity contribution in [1.29, 1.82) is 0 Å². The lowest BCUT2D eigenvalue weighted by Crippen LogP contribution is -2.23. The van der Waals surface area contributed by atoms with Crippen LogP contribution in [0.25, 0.3) is 39.2 Å². The number of allylic oxidation sites excluding steroid dienone is 1. The standard InChI is InChI=1S/C27H25N3O6S/c1-15-4-9-24(36-15)22-12-19(23-14-28-27(32)30-26(23)31)11-21(25(22)35-2)17-7-8-20-16(10-17)5-6-18(20)13-29-37(3,33)34/h4,6-12,14,29H,5,13H2,1-3H3,(H2,28,30,31,32). The van der Waals surface area contributed by atoms with Crippen LogP contribution in [0.3, 0.4) is 0 Å². The Balaban J connectivity index is 1.66. The predicted octanol–water partition coefficient (Wildman–Crippen LogP) is 3.46. The monoisotopic (exact) mass is 519 g/mol.